The molecule has 3 atom stereocenters. The summed E-state index contributed by atoms with van der Waals surface area (Å²) in [4.78, 5) is 11.7. The molecule has 0 unspecified atom stereocenters. The molecule has 0 bridgehead atoms. The van der Waals surface area contributed by atoms with Crippen LogP contribution in [0.15, 0.2) is 0 Å². The molecule has 2 nitrogen and oxygen atoms in total. The van der Waals surface area contributed by atoms with Gasteiger partial charge >= 0.3 is 0 Å². The van der Waals surface area contributed by atoms with Crippen LogP contribution in [-0.2, 0) is 9.53 Å². The summed E-state index contributed by atoms with van der Waals surface area (Å²) in [6.45, 7) is 3.18. The Balaban J connectivity index is 1.98. The summed E-state index contributed by atoms with van der Waals surface area (Å²) < 4.78 is 5.90. The summed E-state index contributed by atoms with van der Waals surface area (Å²) in [5, 5.41) is 0. The van der Waals surface area contributed by atoms with E-state index < -0.39 is 0 Å². The van der Waals surface area contributed by atoms with Gasteiger partial charge in [0.1, 0.15) is 5.78 Å². The molecule has 3 aliphatic rings. The van der Waals surface area contributed by atoms with Crippen LogP contribution in [0.2, 0.25) is 0 Å². The highest BCUT2D eigenvalue weighted by molar-refractivity contribution is 5.85. The van der Waals surface area contributed by atoms with E-state index in [0.717, 1.165) is 38.7 Å². The van der Waals surface area contributed by atoms with Gasteiger partial charge in [-0.2, -0.15) is 0 Å². The van der Waals surface area contributed by atoms with Gasteiger partial charge in [-0.3, -0.25) is 4.79 Å². The molecule has 1 heterocycles. The molecular weight excluding hydrogens is 164 g/mol. The molecule has 0 aromatic carbocycles. The number of ketones is 1. The highest BCUT2D eigenvalue weighted by Crippen LogP contribution is 2.65. The van der Waals surface area contributed by atoms with Crippen molar-refractivity contribution in [3.8, 4) is 0 Å². The zero-order chi connectivity index (χ0) is 9.10. The standard InChI is InChI=1S/C11H16O2/c1-10-5-6-13-11(10)4-2-3-9(12)8(11)7-10/h8H,2-7H2,1H3/t8-,10+,11-/m1/s1. The maximum atomic E-state index is 11.7. The molecule has 3 fully saturated rings. The van der Waals surface area contributed by atoms with E-state index in [1.54, 1.807) is 0 Å². The number of rotatable bonds is 0. The van der Waals surface area contributed by atoms with Crippen molar-refractivity contribution in [3.05, 3.63) is 0 Å². The largest absolute Gasteiger partial charge is 0.374 e. The van der Waals surface area contributed by atoms with Crippen molar-refractivity contribution in [3.63, 3.8) is 0 Å². The number of carbonyl (C=O) groups excluding carboxylic acids is 1. The van der Waals surface area contributed by atoms with E-state index in [1.165, 1.54) is 0 Å². The van der Waals surface area contributed by atoms with Crippen molar-refractivity contribution >= 4 is 5.78 Å². The predicted octanol–water partition coefficient (Wildman–Crippen LogP) is 1.92. The minimum Gasteiger partial charge on any atom is -0.374 e. The van der Waals surface area contributed by atoms with E-state index in [9.17, 15) is 4.79 Å². The van der Waals surface area contributed by atoms with E-state index in [0.29, 0.717) is 11.2 Å². The van der Waals surface area contributed by atoms with Gasteiger partial charge < -0.3 is 4.74 Å². The van der Waals surface area contributed by atoms with Crippen LogP contribution in [0, 0.1) is 11.3 Å². The van der Waals surface area contributed by atoms with Crippen LogP contribution >= 0.6 is 0 Å². The Morgan fingerprint density at radius 1 is 1.46 bits per heavy atom. The molecule has 13 heavy (non-hydrogen) atoms. The highest BCUT2D eigenvalue weighted by Gasteiger charge is 2.69. The number of ether oxygens (including phenoxy) is 1. The van der Waals surface area contributed by atoms with E-state index in [2.05, 4.69) is 6.92 Å². The summed E-state index contributed by atoms with van der Waals surface area (Å²) in [5.41, 5.74) is 0.329. The first kappa shape index (κ1) is 7.98. The zero-order valence-electron chi connectivity index (χ0n) is 8.14. The summed E-state index contributed by atoms with van der Waals surface area (Å²) in [5.74, 6) is 0.722. The first-order valence-electron chi connectivity index (χ1n) is 5.35. The molecule has 3 rings (SSSR count). The molecule has 0 N–H and O–H groups in total. The van der Waals surface area contributed by atoms with Crippen LogP contribution < -0.4 is 0 Å². The third kappa shape index (κ3) is 0.723. The molecule has 0 aromatic rings. The smallest absolute Gasteiger partial charge is 0.138 e. The lowest BCUT2D eigenvalue weighted by molar-refractivity contribution is -0.201. The molecule has 0 amide bonds. The third-order valence-electron chi connectivity index (χ3n) is 4.61. The zero-order valence-corrected chi connectivity index (χ0v) is 8.14. The first-order valence-corrected chi connectivity index (χ1v) is 5.35. The fourth-order valence-electron chi connectivity index (χ4n) is 3.75. The highest BCUT2D eigenvalue weighted by atomic mass is 16.5. The second-order valence-electron chi connectivity index (χ2n) is 5.13. The van der Waals surface area contributed by atoms with Gasteiger partial charge in [0.2, 0.25) is 0 Å². The Labute approximate surface area is 78.6 Å². The topological polar surface area (TPSA) is 26.3 Å². The molecule has 72 valence electrons. The van der Waals surface area contributed by atoms with E-state index in [1.807, 2.05) is 0 Å². The molecular formula is C11H16O2. The van der Waals surface area contributed by atoms with Crippen LogP contribution in [0.4, 0.5) is 0 Å². The van der Waals surface area contributed by atoms with Gasteiger partial charge in [0, 0.05) is 24.4 Å². The maximum Gasteiger partial charge on any atom is 0.138 e. The van der Waals surface area contributed by atoms with Gasteiger partial charge in [-0.15, -0.1) is 0 Å². The molecule has 1 spiro atoms. The predicted molar refractivity (Wildman–Crippen MR) is 48.4 cm³/mol. The molecule has 0 radical (unpaired) electrons. The summed E-state index contributed by atoms with van der Waals surface area (Å²) in [7, 11) is 0. The van der Waals surface area contributed by atoms with Crippen LogP contribution in [0.3, 0.4) is 0 Å². The van der Waals surface area contributed by atoms with Crippen molar-refractivity contribution in [2.45, 2.75) is 44.6 Å². The molecule has 0 aromatic heterocycles. The fourth-order valence-corrected chi connectivity index (χ4v) is 3.75. The number of hydrogen-bond donors (Lipinski definition) is 0. The number of carbonyl (C=O) groups is 1. The molecule has 1 saturated heterocycles. The van der Waals surface area contributed by atoms with Crippen LogP contribution in [-0.4, -0.2) is 18.0 Å². The molecule has 1 aliphatic heterocycles. The lowest BCUT2D eigenvalue weighted by Gasteiger charge is -2.59. The number of Topliss-reactive ketones (excluding diaryl/α,β-unsaturated/α-hetero) is 1. The van der Waals surface area contributed by atoms with Gasteiger partial charge in [0.25, 0.3) is 0 Å². The van der Waals surface area contributed by atoms with Crippen molar-refractivity contribution in [2.75, 3.05) is 6.61 Å². The number of hydrogen-bond acceptors (Lipinski definition) is 2. The van der Waals surface area contributed by atoms with Crippen molar-refractivity contribution in [1.82, 2.24) is 0 Å². The Hall–Kier alpha value is -0.370. The van der Waals surface area contributed by atoms with Crippen molar-refractivity contribution in [1.29, 1.82) is 0 Å². The third-order valence-corrected chi connectivity index (χ3v) is 4.61. The monoisotopic (exact) mass is 180 g/mol. The Bertz CT molecular complexity index is 273. The van der Waals surface area contributed by atoms with Crippen LogP contribution in [0.1, 0.15) is 39.0 Å². The summed E-state index contributed by atoms with van der Waals surface area (Å²) in [6, 6.07) is 0. The van der Waals surface area contributed by atoms with Crippen LogP contribution in [0.25, 0.3) is 0 Å². The average molecular weight is 180 g/mol. The quantitative estimate of drug-likeness (QED) is 0.569. The van der Waals surface area contributed by atoms with E-state index in [4.69, 9.17) is 4.74 Å². The molecule has 2 aliphatic carbocycles. The van der Waals surface area contributed by atoms with Crippen molar-refractivity contribution < 1.29 is 9.53 Å². The molecule has 2 saturated carbocycles. The lowest BCUT2D eigenvalue weighted by atomic mass is 9.47. The van der Waals surface area contributed by atoms with Gasteiger partial charge in [-0.1, -0.05) is 6.92 Å². The summed E-state index contributed by atoms with van der Waals surface area (Å²) >= 11 is 0. The van der Waals surface area contributed by atoms with Gasteiger partial charge in [0.15, 0.2) is 0 Å². The van der Waals surface area contributed by atoms with Gasteiger partial charge in [-0.05, 0) is 25.7 Å². The maximum absolute atomic E-state index is 11.7. The average Bonchev–Trinajstić information content (AvgIpc) is 2.32. The Kier molecular flexibility index (Phi) is 1.33. The normalized spacial score (nSPS) is 53.9. The minimum absolute atomic E-state index is 0.0116. The Morgan fingerprint density at radius 3 is 3.08 bits per heavy atom. The first-order chi connectivity index (χ1) is 6.18. The van der Waals surface area contributed by atoms with Crippen LogP contribution in [0.5, 0.6) is 0 Å². The summed E-state index contributed by atoms with van der Waals surface area (Å²) in [6.07, 6.45) is 5.22. The lowest BCUT2D eigenvalue weighted by Crippen LogP contribution is -2.64. The van der Waals surface area contributed by atoms with Crippen molar-refractivity contribution in [2.24, 2.45) is 11.3 Å². The SMILES string of the molecule is C[C@@]12CCO[C@@]13CCCC(=O)[C@H]3C2. The van der Waals surface area contributed by atoms with E-state index >= 15 is 0 Å². The minimum atomic E-state index is -0.0116. The second-order valence-corrected chi connectivity index (χ2v) is 5.13. The fraction of sp³-hybridized carbons (Fsp3) is 0.909. The van der Waals surface area contributed by atoms with E-state index in [-0.39, 0.29) is 11.5 Å². The second kappa shape index (κ2) is 2.17. The Morgan fingerprint density at radius 2 is 2.31 bits per heavy atom. The van der Waals surface area contributed by atoms with Gasteiger partial charge in [0.05, 0.1) is 5.60 Å². The van der Waals surface area contributed by atoms with Gasteiger partial charge in [-0.25, -0.2) is 0 Å². The molecule has 2 heteroatoms.